The van der Waals surface area contributed by atoms with Gasteiger partial charge in [0, 0.05) is 6.04 Å². The van der Waals surface area contributed by atoms with Gasteiger partial charge < -0.3 is 15.4 Å². The molecule has 1 fully saturated rings. The Hall–Kier alpha value is -1.71. The topological polar surface area (TPSA) is 50.4 Å². The maximum Gasteiger partial charge on any atom is 0.315 e. The number of rotatable bonds is 5. The fourth-order valence-corrected chi connectivity index (χ4v) is 2.18. The van der Waals surface area contributed by atoms with E-state index in [2.05, 4.69) is 29.7 Å². The molecule has 4 heteroatoms. The lowest BCUT2D eigenvalue weighted by Gasteiger charge is -2.13. The Labute approximate surface area is 114 Å². The summed E-state index contributed by atoms with van der Waals surface area (Å²) in [4.78, 5) is 11.4. The molecule has 19 heavy (non-hydrogen) atoms. The Morgan fingerprint density at radius 3 is 2.47 bits per heavy atom. The van der Waals surface area contributed by atoms with Crippen molar-refractivity contribution in [3.63, 3.8) is 0 Å². The van der Waals surface area contributed by atoms with Gasteiger partial charge in [0.25, 0.3) is 0 Å². The Balaban J connectivity index is 1.74. The smallest absolute Gasteiger partial charge is 0.315 e. The van der Waals surface area contributed by atoms with Gasteiger partial charge in [-0.05, 0) is 44.7 Å². The van der Waals surface area contributed by atoms with Gasteiger partial charge in [0.1, 0.15) is 12.4 Å². The molecule has 0 unspecified atom stereocenters. The van der Waals surface area contributed by atoms with Crippen LogP contribution in [0.4, 0.5) is 4.79 Å². The maximum atomic E-state index is 11.4. The van der Waals surface area contributed by atoms with Crippen LogP contribution in [0, 0.1) is 20.8 Å². The molecule has 0 aromatic heterocycles. The molecule has 0 bridgehead atoms. The lowest BCUT2D eigenvalue weighted by Crippen LogP contribution is -2.38. The summed E-state index contributed by atoms with van der Waals surface area (Å²) >= 11 is 0. The average molecular weight is 262 g/mol. The molecule has 0 aliphatic heterocycles. The first-order valence-electron chi connectivity index (χ1n) is 6.81. The van der Waals surface area contributed by atoms with Gasteiger partial charge in [0.05, 0.1) is 6.54 Å². The summed E-state index contributed by atoms with van der Waals surface area (Å²) in [6.07, 6.45) is 2.21. The fraction of sp³-hybridized carbons (Fsp3) is 0.533. The first kappa shape index (κ1) is 13.7. The van der Waals surface area contributed by atoms with Crippen molar-refractivity contribution in [2.24, 2.45) is 0 Å². The van der Waals surface area contributed by atoms with Crippen LogP contribution in [0.1, 0.15) is 29.5 Å². The van der Waals surface area contributed by atoms with Gasteiger partial charge in [0.2, 0.25) is 0 Å². The SMILES string of the molecule is Cc1cc(C)c(OCCNC(=O)NC2CC2)c(C)c1. The first-order valence-corrected chi connectivity index (χ1v) is 6.81. The molecular weight excluding hydrogens is 240 g/mol. The highest BCUT2D eigenvalue weighted by molar-refractivity contribution is 5.74. The summed E-state index contributed by atoms with van der Waals surface area (Å²) in [5.41, 5.74) is 3.52. The van der Waals surface area contributed by atoms with Crippen LogP contribution < -0.4 is 15.4 Å². The van der Waals surface area contributed by atoms with E-state index < -0.39 is 0 Å². The van der Waals surface area contributed by atoms with Crippen LogP contribution in [0.5, 0.6) is 5.75 Å². The fourth-order valence-electron chi connectivity index (χ4n) is 2.18. The van der Waals surface area contributed by atoms with E-state index in [1.807, 2.05) is 13.8 Å². The molecule has 1 saturated carbocycles. The second-order valence-electron chi connectivity index (χ2n) is 5.25. The zero-order chi connectivity index (χ0) is 13.8. The van der Waals surface area contributed by atoms with Crippen LogP contribution in [0.25, 0.3) is 0 Å². The van der Waals surface area contributed by atoms with Gasteiger partial charge in [-0.3, -0.25) is 0 Å². The second-order valence-corrected chi connectivity index (χ2v) is 5.25. The van der Waals surface area contributed by atoms with E-state index in [9.17, 15) is 4.79 Å². The van der Waals surface area contributed by atoms with Crippen LogP contribution in [0.3, 0.4) is 0 Å². The van der Waals surface area contributed by atoms with Crippen molar-refractivity contribution < 1.29 is 9.53 Å². The highest BCUT2D eigenvalue weighted by Gasteiger charge is 2.22. The molecular formula is C15H22N2O2. The van der Waals surface area contributed by atoms with E-state index in [4.69, 9.17) is 4.74 Å². The lowest BCUT2D eigenvalue weighted by atomic mass is 10.1. The van der Waals surface area contributed by atoms with E-state index in [0.717, 1.165) is 29.7 Å². The molecule has 1 aromatic carbocycles. The third kappa shape index (κ3) is 4.16. The molecule has 2 rings (SSSR count). The van der Waals surface area contributed by atoms with Crippen LogP contribution in [0.15, 0.2) is 12.1 Å². The minimum atomic E-state index is -0.0940. The van der Waals surface area contributed by atoms with E-state index in [1.54, 1.807) is 0 Å². The summed E-state index contributed by atoms with van der Waals surface area (Å²) < 4.78 is 5.75. The van der Waals surface area contributed by atoms with Crippen LogP contribution >= 0.6 is 0 Å². The summed E-state index contributed by atoms with van der Waals surface area (Å²) in [7, 11) is 0. The molecule has 0 radical (unpaired) electrons. The van der Waals surface area contributed by atoms with Crippen molar-refractivity contribution in [2.75, 3.05) is 13.2 Å². The van der Waals surface area contributed by atoms with E-state index >= 15 is 0 Å². The van der Waals surface area contributed by atoms with E-state index in [-0.39, 0.29) is 6.03 Å². The third-order valence-corrected chi connectivity index (χ3v) is 3.15. The molecule has 2 amide bonds. The molecule has 0 spiro atoms. The predicted octanol–water partition coefficient (Wildman–Crippen LogP) is 2.45. The van der Waals surface area contributed by atoms with Gasteiger partial charge in [0.15, 0.2) is 0 Å². The summed E-state index contributed by atoms with van der Waals surface area (Å²) in [5.74, 6) is 0.926. The standard InChI is InChI=1S/C15H22N2O2/c1-10-8-11(2)14(12(3)9-10)19-7-6-16-15(18)17-13-4-5-13/h8-9,13H,4-7H2,1-3H3,(H2,16,17,18). The molecule has 2 N–H and O–H groups in total. The lowest BCUT2D eigenvalue weighted by molar-refractivity contribution is 0.236. The Kier molecular flexibility index (Phi) is 4.30. The minimum absolute atomic E-state index is 0.0940. The third-order valence-electron chi connectivity index (χ3n) is 3.15. The number of benzene rings is 1. The summed E-state index contributed by atoms with van der Waals surface area (Å²) in [6, 6.07) is 4.51. The highest BCUT2D eigenvalue weighted by Crippen LogP contribution is 2.24. The van der Waals surface area contributed by atoms with Crippen LogP contribution in [-0.4, -0.2) is 25.2 Å². The number of carbonyl (C=O) groups excluding carboxylic acids is 1. The number of aryl methyl sites for hydroxylation is 3. The number of carbonyl (C=O) groups is 1. The molecule has 1 aliphatic carbocycles. The molecule has 0 atom stereocenters. The van der Waals surface area contributed by atoms with Crippen molar-refractivity contribution in [1.29, 1.82) is 0 Å². The molecule has 1 aliphatic rings. The minimum Gasteiger partial charge on any atom is -0.491 e. The van der Waals surface area contributed by atoms with Crippen molar-refractivity contribution in [1.82, 2.24) is 10.6 Å². The number of hydrogen-bond acceptors (Lipinski definition) is 2. The largest absolute Gasteiger partial charge is 0.491 e. The van der Waals surface area contributed by atoms with Crippen LogP contribution in [0.2, 0.25) is 0 Å². The Morgan fingerprint density at radius 1 is 1.26 bits per heavy atom. The molecule has 104 valence electrons. The maximum absolute atomic E-state index is 11.4. The number of amides is 2. The molecule has 1 aromatic rings. The van der Waals surface area contributed by atoms with E-state index in [1.165, 1.54) is 5.56 Å². The molecule has 4 nitrogen and oxygen atoms in total. The van der Waals surface area contributed by atoms with Crippen LogP contribution in [-0.2, 0) is 0 Å². The number of nitrogens with one attached hydrogen (secondary N) is 2. The normalized spacial score (nSPS) is 14.1. The van der Waals surface area contributed by atoms with Gasteiger partial charge >= 0.3 is 6.03 Å². The van der Waals surface area contributed by atoms with E-state index in [0.29, 0.717) is 19.2 Å². The van der Waals surface area contributed by atoms with Crippen molar-refractivity contribution >= 4 is 6.03 Å². The van der Waals surface area contributed by atoms with Crippen molar-refractivity contribution in [3.8, 4) is 5.75 Å². The summed E-state index contributed by atoms with van der Waals surface area (Å²) in [6.45, 7) is 7.17. The monoisotopic (exact) mass is 262 g/mol. The predicted molar refractivity (Wildman–Crippen MR) is 75.7 cm³/mol. The Morgan fingerprint density at radius 2 is 1.89 bits per heavy atom. The zero-order valence-electron chi connectivity index (χ0n) is 11.9. The van der Waals surface area contributed by atoms with Crippen molar-refractivity contribution in [3.05, 3.63) is 28.8 Å². The second kappa shape index (κ2) is 5.95. The number of ether oxygens (including phenoxy) is 1. The number of urea groups is 1. The highest BCUT2D eigenvalue weighted by atomic mass is 16.5. The zero-order valence-corrected chi connectivity index (χ0v) is 11.9. The Bertz CT molecular complexity index is 444. The van der Waals surface area contributed by atoms with Gasteiger partial charge in [-0.25, -0.2) is 4.79 Å². The van der Waals surface area contributed by atoms with Gasteiger partial charge in [-0.1, -0.05) is 17.7 Å². The molecule has 0 heterocycles. The first-order chi connectivity index (χ1) is 9.06. The number of hydrogen-bond donors (Lipinski definition) is 2. The average Bonchev–Trinajstić information content (AvgIpc) is 3.10. The van der Waals surface area contributed by atoms with Gasteiger partial charge in [-0.15, -0.1) is 0 Å². The quantitative estimate of drug-likeness (QED) is 0.801. The summed E-state index contributed by atoms with van der Waals surface area (Å²) in [5, 5.41) is 5.68. The van der Waals surface area contributed by atoms with Crippen molar-refractivity contribution in [2.45, 2.75) is 39.7 Å². The molecule has 0 saturated heterocycles. The van der Waals surface area contributed by atoms with Gasteiger partial charge in [-0.2, -0.15) is 0 Å².